The molecule has 2 N–H and O–H groups in total. The molecule has 28 heavy (non-hydrogen) atoms. The summed E-state index contributed by atoms with van der Waals surface area (Å²) in [7, 11) is -3.83. The number of hydrogen-bond donors (Lipinski definition) is 2. The zero-order chi connectivity index (χ0) is 20.3. The van der Waals surface area contributed by atoms with Crippen molar-refractivity contribution in [3.05, 3.63) is 87.4 Å². The normalized spacial score (nSPS) is 11.1. The van der Waals surface area contributed by atoms with Crippen LogP contribution in [0, 0.1) is 6.92 Å². The van der Waals surface area contributed by atoms with E-state index in [4.69, 9.17) is 11.6 Å². The second-order valence-electron chi connectivity index (χ2n) is 6.03. The molecule has 0 fully saturated rings. The number of benzene rings is 3. The van der Waals surface area contributed by atoms with E-state index in [-0.39, 0.29) is 4.90 Å². The van der Waals surface area contributed by atoms with Gasteiger partial charge in [-0.3, -0.25) is 9.52 Å². The fourth-order valence-electron chi connectivity index (χ4n) is 2.54. The highest BCUT2D eigenvalue weighted by Gasteiger charge is 2.19. The Balaban J connectivity index is 1.87. The number of nitrogens with one attached hydrogen (secondary N) is 2. The Bertz CT molecular complexity index is 1130. The predicted octanol–water partition coefficient (Wildman–Crippen LogP) is 5.46. The van der Waals surface area contributed by atoms with Gasteiger partial charge in [0.1, 0.15) is 0 Å². The molecule has 0 atom stereocenters. The van der Waals surface area contributed by atoms with Crippen LogP contribution in [-0.4, -0.2) is 14.3 Å². The topological polar surface area (TPSA) is 75.3 Å². The van der Waals surface area contributed by atoms with Crippen molar-refractivity contribution in [2.45, 2.75) is 11.8 Å². The molecule has 3 aromatic rings. The van der Waals surface area contributed by atoms with Gasteiger partial charge in [0.2, 0.25) is 0 Å². The van der Waals surface area contributed by atoms with Crippen LogP contribution in [0.1, 0.15) is 15.9 Å². The van der Waals surface area contributed by atoms with Crippen LogP contribution in [0.3, 0.4) is 0 Å². The maximum Gasteiger partial charge on any atom is 0.262 e. The summed E-state index contributed by atoms with van der Waals surface area (Å²) in [5.74, 6) is -0.418. The second kappa shape index (κ2) is 8.34. The van der Waals surface area contributed by atoms with Gasteiger partial charge < -0.3 is 5.32 Å². The Morgan fingerprint density at radius 2 is 1.61 bits per heavy atom. The van der Waals surface area contributed by atoms with E-state index in [2.05, 4.69) is 26.0 Å². The molecule has 0 bridgehead atoms. The molecule has 0 saturated heterocycles. The minimum Gasteiger partial charge on any atom is -0.322 e. The van der Waals surface area contributed by atoms with Gasteiger partial charge >= 0.3 is 0 Å². The van der Waals surface area contributed by atoms with Gasteiger partial charge in [0.25, 0.3) is 15.9 Å². The molecule has 0 aliphatic heterocycles. The fraction of sp³-hybridized carbons (Fsp3) is 0.0500. The summed E-state index contributed by atoms with van der Waals surface area (Å²) in [6.07, 6.45) is 0. The Morgan fingerprint density at radius 1 is 0.964 bits per heavy atom. The molecule has 0 heterocycles. The van der Waals surface area contributed by atoms with Crippen LogP contribution in [0.4, 0.5) is 11.4 Å². The molecule has 0 aromatic heterocycles. The maximum atomic E-state index is 12.8. The van der Waals surface area contributed by atoms with Crippen LogP contribution in [0.15, 0.2) is 76.1 Å². The first-order valence-electron chi connectivity index (χ1n) is 8.21. The zero-order valence-electron chi connectivity index (χ0n) is 14.7. The molecule has 8 heteroatoms. The summed E-state index contributed by atoms with van der Waals surface area (Å²) in [4.78, 5) is 12.5. The number of carbonyl (C=O) groups is 1. The van der Waals surface area contributed by atoms with Gasteiger partial charge in [0.15, 0.2) is 0 Å². The van der Waals surface area contributed by atoms with Crippen LogP contribution in [0.2, 0.25) is 5.02 Å². The van der Waals surface area contributed by atoms with Crippen LogP contribution >= 0.6 is 27.5 Å². The molecule has 144 valence electrons. The molecule has 0 saturated carbocycles. The summed E-state index contributed by atoms with van der Waals surface area (Å²) in [6.45, 7) is 1.69. The lowest BCUT2D eigenvalue weighted by Crippen LogP contribution is -2.16. The summed E-state index contributed by atoms with van der Waals surface area (Å²) >= 11 is 9.36. The van der Waals surface area contributed by atoms with Crippen molar-refractivity contribution in [3.8, 4) is 0 Å². The monoisotopic (exact) mass is 478 g/mol. The van der Waals surface area contributed by atoms with E-state index in [9.17, 15) is 13.2 Å². The smallest absolute Gasteiger partial charge is 0.262 e. The number of anilines is 2. The number of aryl methyl sites for hydroxylation is 1. The number of sulfonamides is 1. The highest BCUT2D eigenvalue weighted by Crippen LogP contribution is 2.25. The maximum absolute atomic E-state index is 12.8. The van der Waals surface area contributed by atoms with Gasteiger partial charge in [-0.25, -0.2) is 8.42 Å². The summed E-state index contributed by atoms with van der Waals surface area (Å²) in [5.41, 5.74) is 1.65. The van der Waals surface area contributed by atoms with Gasteiger partial charge in [0.05, 0.1) is 15.5 Å². The Kier molecular flexibility index (Phi) is 6.07. The third-order valence-corrected chi connectivity index (χ3v) is 6.33. The first kappa shape index (κ1) is 20.4. The lowest BCUT2D eigenvalue weighted by atomic mass is 10.2. The van der Waals surface area contributed by atoms with Gasteiger partial charge in [-0.15, -0.1) is 0 Å². The molecule has 0 aliphatic carbocycles. The first-order chi connectivity index (χ1) is 13.3. The van der Waals surface area contributed by atoms with E-state index in [0.29, 0.717) is 27.5 Å². The minimum atomic E-state index is -3.83. The highest BCUT2D eigenvalue weighted by molar-refractivity contribution is 9.10. The molecule has 3 aromatic carbocycles. The lowest BCUT2D eigenvalue weighted by molar-refractivity contribution is 0.102. The molecule has 0 radical (unpaired) electrons. The first-order valence-corrected chi connectivity index (χ1v) is 10.9. The Labute approximate surface area is 176 Å². The standard InChI is InChI=1S/C20H16BrClN2O3S/c1-13-6-9-16(23-20(25)17-4-2-3-5-18(17)22)12-19(13)28(26,27)24-15-10-7-14(21)8-11-15/h2-12,24H,1H3,(H,23,25). The number of carbonyl (C=O) groups excluding carboxylic acids is 1. The van der Waals surface area contributed by atoms with Crippen molar-refractivity contribution >= 4 is 54.8 Å². The number of rotatable bonds is 5. The van der Waals surface area contributed by atoms with E-state index in [1.165, 1.54) is 6.07 Å². The second-order valence-corrected chi connectivity index (χ2v) is 9.00. The molecular formula is C20H16BrClN2O3S. The van der Waals surface area contributed by atoms with Gasteiger partial charge in [0, 0.05) is 15.8 Å². The molecule has 3 rings (SSSR count). The minimum absolute atomic E-state index is 0.0763. The highest BCUT2D eigenvalue weighted by atomic mass is 79.9. The van der Waals surface area contributed by atoms with Crippen molar-refractivity contribution in [3.63, 3.8) is 0 Å². The summed E-state index contributed by atoms with van der Waals surface area (Å²) in [6, 6.07) is 18.1. The van der Waals surface area contributed by atoms with Crippen molar-refractivity contribution in [2.24, 2.45) is 0 Å². The Morgan fingerprint density at radius 3 is 2.29 bits per heavy atom. The van der Waals surface area contributed by atoms with Crippen molar-refractivity contribution in [2.75, 3.05) is 10.0 Å². The largest absolute Gasteiger partial charge is 0.322 e. The lowest BCUT2D eigenvalue weighted by Gasteiger charge is -2.13. The molecule has 0 spiro atoms. The quantitative estimate of drug-likeness (QED) is 0.510. The average molecular weight is 480 g/mol. The predicted molar refractivity (Wildman–Crippen MR) is 116 cm³/mol. The number of amides is 1. The van der Waals surface area contributed by atoms with E-state index in [1.54, 1.807) is 67.6 Å². The number of hydrogen-bond acceptors (Lipinski definition) is 3. The van der Waals surface area contributed by atoms with Crippen LogP contribution in [0.25, 0.3) is 0 Å². The molecule has 0 aliphatic rings. The van der Waals surface area contributed by atoms with Gasteiger partial charge in [-0.1, -0.05) is 45.7 Å². The number of halogens is 2. The summed E-state index contributed by atoms with van der Waals surface area (Å²) < 4.78 is 29.0. The van der Waals surface area contributed by atoms with Crippen LogP contribution in [0.5, 0.6) is 0 Å². The Hall–Kier alpha value is -2.35. The third kappa shape index (κ3) is 4.73. The molecule has 0 unspecified atom stereocenters. The zero-order valence-corrected chi connectivity index (χ0v) is 17.9. The van der Waals surface area contributed by atoms with Crippen molar-refractivity contribution in [1.82, 2.24) is 0 Å². The van der Waals surface area contributed by atoms with E-state index in [0.717, 1.165) is 4.47 Å². The average Bonchev–Trinajstić information content (AvgIpc) is 2.65. The summed E-state index contributed by atoms with van der Waals surface area (Å²) in [5, 5.41) is 3.00. The van der Waals surface area contributed by atoms with E-state index in [1.807, 2.05) is 0 Å². The van der Waals surface area contributed by atoms with Crippen molar-refractivity contribution in [1.29, 1.82) is 0 Å². The molecule has 1 amide bonds. The van der Waals surface area contributed by atoms with Crippen molar-refractivity contribution < 1.29 is 13.2 Å². The SMILES string of the molecule is Cc1ccc(NC(=O)c2ccccc2Cl)cc1S(=O)(=O)Nc1ccc(Br)cc1. The van der Waals surface area contributed by atoms with E-state index < -0.39 is 15.9 Å². The third-order valence-electron chi connectivity index (χ3n) is 3.95. The van der Waals surface area contributed by atoms with Crippen LogP contribution in [-0.2, 0) is 10.0 Å². The molecule has 5 nitrogen and oxygen atoms in total. The van der Waals surface area contributed by atoms with Crippen LogP contribution < -0.4 is 10.0 Å². The fourth-order valence-corrected chi connectivity index (χ4v) is 4.36. The van der Waals surface area contributed by atoms with E-state index >= 15 is 0 Å². The molecular weight excluding hydrogens is 464 g/mol. The van der Waals surface area contributed by atoms with Gasteiger partial charge in [-0.2, -0.15) is 0 Å². The van der Waals surface area contributed by atoms with Gasteiger partial charge in [-0.05, 0) is 61.0 Å².